The largest absolute Gasteiger partial charge is 0.481 e. The van der Waals surface area contributed by atoms with Gasteiger partial charge in [0, 0.05) is 5.41 Å². The monoisotopic (exact) mass is 190 g/mol. The molecule has 4 N–H and O–H groups in total. The topological polar surface area (TPSA) is 64.9 Å². The highest BCUT2D eigenvalue weighted by atomic mass is 32.2. The van der Waals surface area contributed by atoms with Crippen molar-refractivity contribution in [2.75, 3.05) is 18.1 Å². The fourth-order valence-corrected chi connectivity index (χ4v) is 3.00. The van der Waals surface area contributed by atoms with Gasteiger partial charge in [0.2, 0.25) is 0 Å². The number of aliphatic carboxylic acids is 1. The Bertz CT molecular complexity index is 166. The van der Waals surface area contributed by atoms with Crippen LogP contribution in [0, 0.1) is 5.41 Å². The molecule has 1 rings (SSSR count). The molecule has 70 valence electrons. The molecule has 0 aromatic rings. The van der Waals surface area contributed by atoms with Crippen LogP contribution in [-0.4, -0.2) is 29.1 Å². The summed E-state index contributed by atoms with van der Waals surface area (Å²) in [6.07, 6.45) is 2.35. The van der Waals surface area contributed by atoms with E-state index in [2.05, 4.69) is 5.73 Å². The van der Waals surface area contributed by atoms with Gasteiger partial charge in [-0.2, -0.15) is 11.8 Å². The average Bonchev–Trinajstić information content (AvgIpc) is 2.05. The molecule has 12 heavy (non-hydrogen) atoms. The summed E-state index contributed by atoms with van der Waals surface area (Å²) in [5.41, 5.74) is 3.87. The van der Waals surface area contributed by atoms with Crippen molar-refractivity contribution in [3.63, 3.8) is 0 Å². The molecule has 0 aromatic heterocycles. The number of carboxylic acids is 1. The average molecular weight is 190 g/mol. The van der Waals surface area contributed by atoms with Crippen LogP contribution in [0.3, 0.4) is 0 Å². The Balaban J connectivity index is 2.53. The van der Waals surface area contributed by atoms with E-state index < -0.39 is 5.97 Å². The summed E-state index contributed by atoms with van der Waals surface area (Å²) in [6.45, 7) is 0.764. The molecule has 3 nitrogen and oxygen atoms in total. The molecule has 0 radical (unpaired) electrons. The van der Waals surface area contributed by atoms with E-state index in [9.17, 15) is 4.79 Å². The van der Waals surface area contributed by atoms with Gasteiger partial charge in [-0.1, -0.05) is 0 Å². The van der Waals surface area contributed by atoms with Gasteiger partial charge in [0.15, 0.2) is 0 Å². The fourth-order valence-electron chi connectivity index (χ4n) is 1.64. The number of hydrogen-bond acceptors (Lipinski definition) is 2. The summed E-state index contributed by atoms with van der Waals surface area (Å²) in [6, 6.07) is 0. The molecule has 0 atom stereocenters. The van der Waals surface area contributed by atoms with Crippen LogP contribution in [0.2, 0.25) is 0 Å². The molecule has 0 amide bonds. The van der Waals surface area contributed by atoms with Gasteiger partial charge in [-0.15, -0.1) is 0 Å². The second-order valence-corrected chi connectivity index (χ2v) is 4.66. The second-order valence-electron chi connectivity index (χ2n) is 3.43. The fraction of sp³-hybridized carbons (Fsp3) is 0.875. The molecule has 0 bridgehead atoms. The predicted molar refractivity (Wildman–Crippen MR) is 49.0 cm³/mol. The lowest BCUT2D eigenvalue weighted by Gasteiger charge is -2.32. The van der Waals surface area contributed by atoms with Crippen LogP contribution in [0.4, 0.5) is 0 Å². The number of rotatable bonds is 3. The zero-order valence-corrected chi connectivity index (χ0v) is 8.03. The van der Waals surface area contributed by atoms with E-state index in [1.807, 2.05) is 11.8 Å². The van der Waals surface area contributed by atoms with Crippen LogP contribution in [0.25, 0.3) is 0 Å². The lowest BCUT2D eigenvalue weighted by atomic mass is 9.79. The summed E-state index contributed by atoms with van der Waals surface area (Å²) in [5.74, 6) is 1.52. The summed E-state index contributed by atoms with van der Waals surface area (Å²) < 4.78 is 0. The lowest BCUT2D eigenvalue weighted by Crippen LogP contribution is -2.59. The van der Waals surface area contributed by atoms with E-state index in [-0.39, 0.29) is 5.41 Å². The summed E-state index contributed by atoms with van der Waals surface area (Å²) in [7, 11) is 0. The van der Waals surface area contributed by atoms with Crippen molar-refractivity contribution in [2.45, 2.75) is 19.3 Å². The first-order valence-electron chi connectivity index (χ1n) is 4.27. The first-order chi connectivity index (χ1) is 5.68. The molecule has 0 aromatic carbocycles. The van der Waals surface area contributed by atoms with Crippen molar-refractivity contribution >= 4 is 17.7 Å². The van der Waals surface area contributed by atoms with Crippen molar-refractivity contribution in [3.8, 4) is 0 Å². The highest BCUT2D eigenvalue weighted by Gasteiger charge is 2.35. The molecule has 1 saturated heterocycles. The van der Waals surface area contributed by atoms with Crippen LogP contribution in [-0.2, 0) is 4.79 Å². The third-order valence-electron chi connectivity index (χ3n) is 2.61. The summed E-state index contributed by atoms with van der Waals surface area (Å²) in [5, 5.41) is 8.73. The maximum Gasteiger partial charge on any atom is 0.304 e. The number of thioether (sulfide) groups is 1. The Morgan fingerprint density at radius 2 is 2.08 bits per heavy atom. The van der Waals surface area contributed by atoms with Gasteiger partial charge in [0.1, 0.15) is 0 Å². The smallest absolute Gasteiger partial charge is 0.304 e. The number of carboxylic acid groups (broad SMARTS) is 1. The van der Waals surface area contributed by atoms with Crippen LogP contribution in [0.5, 0.6) is 0 Å². The van der Waals surface area contributed by atoms with Gasteiger partial charge in [0.05, 0.1) is 13.0 Å². The maximum atomic E-state index is 10.6. The van der Waals surface area contributed by atoms with E-state index in [0.717, 1.165) is 30.9 Å². The molecule has 0 spiro atoms. The quantitative estimate of drug-likeness (QED) is 0.669. The van der Waals surface area contributed by atoms with Crippen molar-refractivity contribution in [2.24, 2.45) is 5.41 Å². The lowest BCUT2D eigenvalue weighted by molar-refractivity contribution is -0.393. The normalized spacial score (nSPS) is 22.1. The van der Waals surface area contributed by atoms with Crippen molar-refractivity contribution in [1.29, 1.82) is 0 Å². The molecule has 1 aliphatic heterocycles. The van der Waals surface area contributed by atoms with E-state index >= 15 is 0 Å². The van der Waals surface area contributed by atoms with E-state index in [1.165, 1.54) is 0 Å². The minimum atomic E-state index is -0.675. The molecular formula is C8H16NO2S+. The highest BCUT2D eigenvalue weighted by Crippen LogP contribution is 2.36. The van der Waals surface area contributed by atoms with Crippen molar-refractivity contribution in [1.82, 2.24) is 0 Å². The SMILES string of the molecule is [NH3+]CC1(CC(=O)O)CCSCC1. The minimum absolute atomic E-state index is 0.0110. The van der Waals surface area contributed by atoms with Gasteiger partial charge in [-0.25, -0.2) is 0 Å². The Morgan fingerprint density at radius 1 is 1.50 bits per heavy atom. The third-order valence-corrected chi connectivity index (χ3v) is 3.60. The third kappa shape index (κ3) is 2.38. The first kappa shape index (κ1) is 9.86. The molecule has 1 heterocycles. The van der Waals surface area contributed by atoms with Crippen molar-refractivity contribution < 1.29 is 15.6 Å². The van der Waals surface area contributed by atoms with Crippen molar-refractivity contribution in [3.05, 3.63) is 0 Å². The van der Waals surface area contributed by atoms with Gasteiger partial charge in [-0.05, 0) is 24.3 Å². The molecule has 0 saturated carbocycles. The molecule has 0 unspecified atom stereocenters. The summed E-state index contributed by atoms with van der Waals surface area (Å²) >= 11 is 1.92. The Labute approximate surface area is 76.7 Å². The van der Waals surface area contributed by atoms with Crippen LogP contribution >= 0.6 is 11.8 Å². The highest BCUT2D eigenvalue weighted by molar-refractivity contribution is 7.99. The second kappa shape index (κ2) is 4.14. The molecule has 4 heteroatoms. The van der Waals surface area contributed by atoms with E-state index in [0.29, 0.717) is 6.42 Å². The van der Waals surface area contributed by atoms with Gasteiger partial charge in [-0.3, -0.25) is 4.79 Å². The first-order valence-corrected chi connectivity index (χ1v) is 5.43. The van der Waals surface area contributed by atoms with Crippen LogP contribution < -0.4 is 5.73 Å². The Kier molecular flexibility index (Phi) is 3.40. The van der Waals surface area contributed by atoms with E-state index in [1.54, 1.807) is 0 Å². The van der Waals surface area contributed by atoms with Crippen LogP contribution in [0.15, 0.2) is 0 Å². The van der Waals surface area contributed by atoms with Gasteiger partial charge < -0.3 is 10.8 Å². The predicted octanol–water partition coefficient (Wildman–Crippen LogP) is 0.216. The summed E-state index contributed by atoms with van der Waals surface area (Å²) in [4.78, 5) is 10.6. The zero-order valence-electron chi connectivity index (χ0n) is 7.21. The number of carbonyl (C=O) groups is 1. The van der Waals surface area contributed by atoms with Crippen LogP contribution in [0.1, 0.15) is 19.3 Å². The number of hydrogen-bond donors (Lipinski definition) is 2. The minimum Gasteiger partial charge on any atom is -0.481 e. The van der Waals surface area contributed by atoms with E-state index in [4.69, 9.17) is 5.11 Å². The van der Waals surface area contributed by atoms with Gasteiger partial charge >= 0.3 is 5.97 Å². The zero-order chi connectivity index (χ0) is 9.03. The molecular weight excluding hydrogens is 174 g/mol. The molecule has 1 aliphatic rings. The Hall–Kier alpha value is -0.220. The van der Waals surface area contributed by atoms with Gasteiger partial charge in [0.25, 0.3) is 0 Å². The molecule has 1 fully saturated rings. The maximum absolute atomic E-state index is 10.6. The standard InChI is InChI=1S/C8H15NO2S/c9-6-8(5-7(10)11)1-3-12-4-2-8/h1-6,9H2,(H,10,11)/p+1. The number of quaternary nitrogens is 1. The Morgan fingerprint density at radius 3 is 2.50 bits per heavy atom. The molecule has 0 aliphatic carbocycles.